The van der Waals surface area contributed by atoms with Gasteiger partial charge in [-0.05, 0) is 31.2 Å². The summed E-state index contributed by atoms with van der Waals surface area (Å²) >= 11 is 13.4. The zero-order valence-electron chi connectivity index (χ0n) is 11.4. The molecule has 0 heterocycles. The molecule has 0 saturated heterocycles. The maximum absolute atomic E-state index is 12.2. The van der Waals surface area contributed by atoms with Gasteiger partial charge in [-0.2, -0.15) is 0 Å². The van der Waals surface area contributed by atoms with E-state index in [1.807, 2.05) is 49.4 Å². The molecule has 5 heteroatoms. The standard InChI is InChI=1S/C16H15Cl2NOS/c1-11-7-9-13(10-8-11)21-16(14(17)18)19-15(20)12-5-3-2-4-6-12/h2-10,14,16H,1H3,(H,19,20)/t16-/m1/s1. The fraction of sp³-hybridized carbons (Fsp3) is 0.188. The van der Waals surface area contributed by atoms with E-state index in [4.69, 9.17) is 23.2 Å². The summed E-state index contributed by atoms with van der Waals surface area (Å²) in [5.74, 6) is -0.188. The van der Waals surface area contributed by atoms with Crippen molar-refractivity contribution in [3.8, 4) is 0 Å². The number of halogens is 2. The lowest BCUT2D eigenvalue weighted by Crippen LogP contribution is -2.36. The Balaban J connectivity index is 2.06. The van der Waals surface area contributed by atoms with Crippen LogP contribution in [0.5, 0.6) is 0 Å². The van der Waals surface area contributed by atoms with Gasteiger partial charge in [-0.1, -0.05) is 47.7 Å². The maximum Gasteiger partial charge on any atom is 0.252 e. The molecule has 21 heavy (non-hydrogen) atoms. The normalized spacial score (nSPS) is 12.2. The third-order valence-electron chi connectivity index (χ3n) is 2.82. The van der Waals surface area contributed by atoms with Gasteiger partial charge in [0.2, 0.25) is 0 Å². The molecule has 2 nitrogen and oxygen atoms in total. The molecule has 0 saturated carbocycles. The van der Waals surface area contributed by atoms with Crippen LogP contribution in [-0.2, 0) is 0 Å². The highest BCUT2D eigenvalue weighted by molar-refractivity contribution is 8.00. The van der Waals surface area contributed by atoms with Crippen molar-refractivity contribution in [3.63, 3.8) is 0 Å². The SMILES string of the molecule is Cc1ccc(S[C@@H](NC(=O)c2ccccc2)C(Cl)Cl)cc1. The highest BCUT2D eigenvalue weighted by Crippen LogP contribution is 2.28. The van der Waals surface area contributed by atoms with Crippen LogP contribution in [0.4, 0.5) is 0 Å². The fourth-order valence-corrected chi connectivity index (χ4v) is 3.00. The van der Waals surface area contributed by atoms with Crippen LogP contribution in [0.25, 0.3) is 0 Å². The first-order chi connectivity index (χ1) is 10.1. The molecule has 1 amide bonds. The topological polar surface area (TPSA) is 29.1 Å². The molecule has 0 radical (unpaired) electrons. The van der Waals surface area contributed by atoms with Crippen molar-refractivity contribution in [1.82, 2.24) is 5.32 Å². The van der Waals surface area contributed by atoms with Crippen LogP contribution < -0.4 is 5.32 Å². The fourth-order valence-electron chi connectivity index (χ4n) is 1.71. The Hall–Kier alpha value is -1.16. The number of amides is 1. The molecule has 0 aliphatic carbocycles. The van der Waals surface area contributed by atoms with Crippen LogP contribution in [0, 0.1) is 6.92 Å². The van der Waals surface area contributed by atoms with Crippen LogP contribution in [0.15, 0.2) is 59.5 Å². The molecule has 0 aliphatic rings. The van der Waals surface area contributed by atoms with Crippen molar-refractivity contribution >= 4 is 40.9 Å². The lowest BCUT2D eigenvalue weighted by molar-refractivity contribution is 0.0951. The van der Waals surface area contributed by atoms with Gasteiger partial charge >= 0.3 is 0 Å². The molecule has 2 rings (SSSR count). The average molecular weight is 340 g/mol. The van der Waals surface area contributed by atoms with E-state index in [1.165, 1.54) is 17.3 Å². The van der Waals surface area contributed by atoms with E-state index in [0.717, 1.165) is 4.90 Å². The van der Waals surface area contributed by atoms with Gasteiger partial charge in [0.15, 0.2) is 0 Å². The summed E-state index contributed by atoms with van der Waals surface area (Å²) in [6.45, 7) is 2.02. The summed E-state index contributed by atoms with van der Waals surface area (Å²) < 4.78 is 0. The number of hydrogen-bond donors (Lipinski definition) is 1. The molecular formula is C16H15Cl2NOS. The first-order valence-electron chi connectivity index (χ1n) is 6.43. The molecule has 110 valence electrons. The first kappa shape index (κ1) is 16.2. The molecule has 1 atom stereocenters. The summed E-state index contributed by atoms with van der Waals surface area (Å²) in [6.07, 6.45) is 0. The summed E-state index contributed by atoms with van der Waals surface area (Å²) in [4.78, 5) is 12.5. The molecular weight excluding hydrogens is 325 g/mol. The van der Waals surface area contributed by atoms with E-state index in [2.05, 4.69) is 5.32 Å². The Labute approximate surface area is 138 Å². The third kappa shape index (κ3) is 4.95. The Kier molecular flexibility index (Phi) is 5.97. The molecule has 0 aliphatic heterocycles. The zero-order valence-corrected chi connectivity index (χ0v) is 13.8. The number of thioether (sulfide) groups is 1. The molecule has 0 spiro atoms. The van der Waals surface area contributed by atoms with Crippen LogP contribution in [0.3, 0.4) is 0 Å². The second-order valence-electron chi connectivity index (χ2n) is 4.53. The number of carbonyl (C=O) groups is 1. The van der Waals surface area contributed by atoms with E-state index in [9.17, 15) is 4.79 Å². The van der Waals surface area contributed by atoms with Crippen LogP contribution in [0.2, 0.25) is 0 Å². The summed E-state index contributed by atoms with van der Waals surface area (Å²) in [6, 6.07) is 17.0. The van der Waals surface area contributed by atoms with Crippen LogP contribution in [-0.4, -0.2) is 16.1 Å². The van der Waals surface area contributed by atoms with Gasteiger partial charge in [-0.25, -0.2) is 0 Å². The van der Waals surface area contributed by atoms with E-state index in [0.29, 0.717) is 5.56 Å². The first-order valence-corrected chi connectivity index (χ1v) is 8.19. The summed E-state index contributed by atoms with van der Waals surface area (Å²) in [5.41, 5.74) is 1.76. The van der Waals surface area contributed by atoms with Crippen molar-refractivity contribution in [2.45, 2.75) is 22.0 Å². The van der Waals surface area contributed by atoms with Gasteiger partial charge in [0.25, 0.3) is 5.91 Å². The predicted molar refractivity (Wildman–Crippen MR) is 90.2 cm³/mol. The number of carbonyl (C=O) groups excluding carboxylic acids is 1. The molecule has 1 N–H and O–H groups in total. The maximum atomic E-state index is 12.2. The second kappa shape index (κ2) is 7.74. The molecule has 0 unspecified atom stereocenters. The van der Waals surface area contributed by atoms with Crippen molar-refractivity contribution in [2.75, 3.05) is 0 Å². The molecule has 2 aromatic carbocycles. The van der Waals surface area contributed by atoms with Gasteiger partial charge in [0, 0.05) is 10.5 Å². The van der Waals surface area contributed by atoms with E-state index >= 15 is 0 Å². The molecule has 0 bridgehead atoms. The number of benzene rings is 2. The van der Waals surface area contributed by atoms with Crippen LogP contribution in [0.1, 0.15) is 15.9 Å². The minimum Gasteiger partial charge on any atom is -0.337 e. The average Bonchev–Trinajstić information content (AvgIpc) is 2.49. The second-order valence-corrected chi connectivity index (χ2v) is 6.90. The lowest BCUT2D eigenvalue weighted by Gasteiger charge is -2.19. The third-order valence-corrected chi connectivity index (χ3v) is 4.81. The predicted octanol–water partition coefficient (Wildman–Crippen LogP) is 4.65. The van der Waals surface area contributed by atoms with Crippen molar-refractivity contribution in [3.05, 3.63) is 65.7 Å². The monoisotopic (exact) mass is 339 g/mol. The number of aryl methyl sites for hydroxylation is 1. The van der Waals surface area contributed by atoms with E-state index in [1.54, 1.807) is 12.1 Å². The Morgan fingerprint density at radius 3 is 2.24 bits per heavy atom. The zero-order chi connectivity index (χ0) is 15.2. The number of hydrogen-bond acceptors (Lipinski definition) is 2. The molecule has 0 aromatic heterocycles. The number of alkyl halides is 2. The van der Waals surface area contributed by atoms with Gasteiger partial charge < -0.3 is 5.32 Å². The Bertz CT molecular complexity index is 587. The summed E-state index contributed by atoms with van der Waals surface area (Å²) in [7, 11) is 0. The highest BCUT2D eigenvalue weighted by Gasteiger charge is 2.21. The van der Waals surface area contributed by atoms with Crippen molar-refractivity contribution in [1.29, 1.82) is 0 Å². The summed E-state index contributed by atoms with van der Waals surface area (Å²) in [5, 5.41) is 2.44. The van der Waals surface area contributed by atoms with Gasteiger partial charge in [-0.3, -0.25) is 4.79 Å². The number of rotatable bonds is 5. The molecule has 2 aromatic rings. The van der Waals surface area contributed by atoms with Gasteiger partial charge in [-0.15, -0.1) is 23.2 Å². The minimum atomic E-state index is -0.705. The Morgan fingerprint density at radius 2 is 1.67 bits per heavy atom. The highest BCUT2D eigenvalue weighted by atomic mass is 35.5. The smallest absolute Gasteiger partial charge is 0.252 e. The van der Waals surface area contributed by atoms with Crippen molar-refractivity contribution < 1.29 is 4.79 Å². The quantitative estimate of drug-likeness (QED) is 0.488. The Morgan fingerprint density at radius 1 is 1.05 bits per heavy atom. The lowest BCUT2D eigenvalue weighted by atomic mass is 10.2. The minimum absolute atomic E-state index is 0.188. The van der Waals surface area contributed by atoms with E-state index in [-0.39, 0.29) is 5.91 Å². The van der Waals surface area contributed by atoms with Crippen LogP contribution >= 0.6 is 35.0 Å². The number of nitrogens with one attached hydrogen (secondary N) is 1. The van der Waals surface area contributed by atoms with Gasteiger partial charge in [0.05, 0.1) is 0 Å². The van der Waals surface area contributed by atoms with E-state index < -0.39 is 10.2 Å². The van der Waals surface area contributed by atoms with Crippen molar-refractivity contribution in [2.24, 2.45) is 0 Å². The van der Waals surface area contributed by atoms with Gasteiger partial charge in [0.1, 0.15) is 10.2 Å². The molecule has 0 fully saturated rings. The largest absolute Gasteiger partial charge is 0.337 e.